The minimum absolute atomic E-state index is 0.423. The van der Waals surface area contributed by atoms with Crippen molar-refractivity contribution in [2.75, 3.05) is 0 Å². The smallest absolute Gasteiger partial charge is 0.325 e. The van der Waals surface area contributed by atoms with Gasteiger partial charge in [0.05, 0.1) is 0 Å². The number of nitrogens with one attached hydrogen (secondary N) is 1. The molecule has 1 aromatic heterocycles. The zero-order valence-corrected chi connectivity index (χ0v) is 11.0. The first-order valence-electron chi connectivity index (χ1n) is 5.40. The Balaban J connectivity index is 2.08. The molecule has 2 aromatic rings. The molecule has 1 aromatic carbocycles. The van der Waals surface area contributed by atoms with E-state index >= 15 is 0 Å². The Kier molecular flexibility index (Phi) is 4.36. The van der Waals surface area contributed by atoms with E-state index in [1.165, 1.54) is 11.3 Å². The molecule has 1 unspecified atom stereocenters. The zero-order valence-electron chi connectivity index (χ0n) is 9.47. The summed E-state index contributed by atoms with van der Waals surface area (Å²) < 4.78 is 0. The lowest BCUT2D eigenvalue weighted by atomic mass is 10.1. The van der Waals surface area contributed by atoms with E-state index in [1.807, 2.05) is 35.0 Å². The summed E-state index contributed by atoms with van der Waals surface area (Å²) in [4.78, 5) is 11.2. The maximum atomic E-state index is 11.2. The number of hydrogen-bond acceptors (Lipinski definition) is 3. The molecule has 0 bridgehead atoms. The molecule has 0 saturated heterocycles. The number of benzene rings is 1. The average Bonchev–Trinajstić information content (AvgIpc) is 2.85. The molecule has 0 radical (unpaired) electrons. The first-order chi connectivity index (χ1) is 8.68. The Labute approximate surface area is 114 Å². The van der Waals surface area contributed by atoms with Gasteiger partial charge < -0.3 is 5.11 Å². The minimum Gasteiger partial charge on any atom is -0.480 e. The predicted molar refractivity (Wildman–Crippen MR) is 73.0 cm³/mol. The van der Waals surface area contributed by atoms with Crippen molar-refractivity contribution in [2.45, 2.75) is 12.6 Å². The van der Waals surface area contributed by atoms with Gasteiger partial charge in [-0.25, -0.2) is 0 Å². The van der Waals surface area contributed by atoms with E-state index < -0.39 is 12.0 Å². The summed E-state index contributed by atoms with van der Waals surface area (Å²) in [6.45, 7) is 0.423. The average molecular weight is 282 g/mol. The fraction of sp³-hybridized carbons (Fsp3) is 0.154. The second-order valence-electron chi connectivity index (χ2n) is 3.80. The van der Waals surface area contributed by atoms with Gasteiger partial charge >= 0.3 is 5.97 Å². The van der Waals surface area contributed by atoms with E-state index in [2.05, 4.69) is 5.32 Å². The molecule has 3 nitrogen and oxygen atoms in total. The number of rotatable bonds is 5. The number of carbonyl (C=O) groups is 1. The summed E-state index contributed by atoms with van der Waals surface area (Å²) in [6, 6.07) is 8.50. The highest BCUT2D eigenvalue weighted by atomic mass is 35.5. The standard InChI is InChI=1S/C13H12ClNO2S/c14-11-4-2-1-3-9(11)7-15-12(13(16)17)10-5-6-18-8-10/h1-6,8,12,15H,7H2,(H,16,17). The van der Waals surface area contributed by atoms with Crippen LogP contribution >= 0.6 is 22.9 Å². The third-order valence-corrected chi connectivity index (χ3v) is 3.65. The van der Waals surface area contributed by atoms with Gasteiger partial charge in [0.15, 0.2) is 0 Å². The van der Waals surface area contributed by atoms with Crippen LogP contribution in [0.15, 0.2) is 41.1 Å². The molecule has 0 fully saturated rings. The van der Waals surface area contributed by atoms with Gasteiger partial charge in [0.2, 0.25) is 0 Å². The first-order valence-corrected chi connectivity index (χ1v) is 6.72. The van der Waals surface area contributed by atoms with Crippen molar-refractivity contribution >= 4 is 28.9 Å². The normalized spacial score (nSPS) is 12.3. The molecule has 0 aliphatic carbocycles. The van der Waals surface area contributed by atoms with Gasteiger partial charge in [0, 0.05) is 11.6 Å². The molecule has 0 aliphatic heterocycles. The molecular formula is C13H12ClNO2S. The fourth-order valence-corrected chi connectivity index (χ4v) is 2.53. The van der Waals surface area contributed by atoms with Crippen LogP contribution in [0.25, 0.3) is 0 Å². The molecule has 94 valence electrons. The predicted octanol–water partition coefficient (Wildman–Crippen LogP) is 3.32. The lowest BCUT2D eigenvalue weighted by Gasteiger charge is -2.13. The molecule has 5 heteroatoms. The lowest BCUT2D eigenvalue weighted by molar-refractivity contribution is -0.139. The highest BCUT2D eigenvalue weighted by Gasteiger charge is 2.19. The van der Waals surface area contributed by atoms with Crippen LogP contribution in [0, 0.1) is 0 Å². The SMILES string of the molecule is O=C(O)C(NCc1ccccc1Cl)c1ccsc1. The summed E-state index contributed by atoms with van der Waals surface area (Å²) in [5.41, 5.74) is 1.65. The van der Waals surface area contributed by atoms with Crippen molar-refractivity contribution in [1.29, 1.82) is 0 Å². The summed E-state index contributed by atoms with van der Waals surface area (Å²) in [5, 5.41) is 16.5. The Morgan fingerprint density at radius 1 is 1.39 bits per heavy atom. The van der Waals surface area contributed by atoms with Crippen LogP contribution in [0.3, 0.4) is 0 Å². The number of carboxylic acid groups (broad SMARTS) is 1. The summed E-state index contributed by atoms with van der Waals surface area (Å²) in [5.74, 6) is -0.888. The van der Waals surface area contributed by atoms with E-state index in [9.17, 15) is 9.90 Å². The van der Waals surface area contributed by atoms with Crippen molar-refractivity contribution in [1.82, 2.24) is 5.32 Å². The summed E-state index contributed by atoms with van der Waals surface area (Å²) in [6.07, 6.45) is 0. The zero-order chi connectivity index (χ0) is 13.0. The number of carboxylic acids is 1. The Morgan fingerprint density at radius 3 is 2.78 bits per heavy atom. The van der Waals surface area contributed by atoms with Crippen molar-refractivity contribution in [3.63, 3.8) is 0 Å². The molecule has 18 heavy (non-hydrogen) atoms. The van der Waals surface area contributed by atoms with E-state index in [4.69, 9.17) is 11.6 Å². The topological polar surface area (TPSA) is 49.3 Å². The summed E-state index contributed by atoms with van der Waals surface area (Å²) >= 11 is 7.51. The molecule has 2 rings (SSSR count). The van der Waals surface area contributed by atoms with Crippen molar-refractivity contribution in [3.05, 3.63) is 57.2 Å². The quantitative estimate of drug-likeness (QED) is 0.884. The van der Waals surface area contributed by atoms with Crippen molar-refractivity contribution in [3.8, 4) is 0 Å². The van der Waals surface area contributed by atoms with Crippen LogP contribution in [0.4, 0.5) is 0 Å². The maximum absolute atomic E-state index is 11.2. The molecule has 0 aliphatic rings. The van der Waals surface area contributed by atoms with E-state index in [-0.39, 0.29) is 0 Å². The van der Waals surface area contributed by atoms with E-state index in [1.54, 1.807) is 6.07 Å². The Bertz CT molecular complexity index is 528. The Morgan fingerprint density at radius 2 is 2.17 bits per heavy atom. The largest absolute Gasteiger partial charge is 0.480 e. The van der Waals surface area contributed by atoms with Crippen LogP contribution in [-0.4, -0.2) is 11.1 Å². The Hall–Kier alpha value is -1.36. The molecule has 0 spiro atoms. The highest BCUT2D eigenvalue weighted by molar-refractivity contribution is 7.08. The lowest BCUT2D eigenvalue weighted by Crippen LogP contribution is -2.27. The van der Waals surface area contributed by atoms with Gasteiger partial charge in [-0.1, -0.05) is 29.8 Å². The second kappa shape index (κ2) is 6.00. The van der Waals surface area contributed by atoms with Gasteiger partial charge in [-0.15, -0.1) is 0 Å². The second-order valence-corrected chi connectivity index (χ2v) is 4.99. The molecular weight excluding hydrogens is 270 g/mol. The monoisotopic (exact) mass is 281 g/mol. The summed E-state index contributed by atoms with van der Waals surface area (Å²) in [7, 11) is 0. The van der Waals surface area contributed by atoms with Gasteiger partial charge in [-0.3, -0.25) is 10.1 Å². The van der Waals surface area contributed by atoms with Crippen LogP contribution in [0.5, 0.6) is 0 Å². The highest BCUT2D eigenvalue weighted by Crippen LogP contribution is 2.19. The van der Waals surface area contributed by atoms with Crippen LogP contribution in [0.2, 0.25) is 5.02 Å². The van der Waals surface area contributed by atoms with Gasteiger partial charge in [0.25, 0.3) is 0 Å². The van der Waals surface area contributed by atoms with Crippen molar-refractivity contribution < 1.29 is 9.90 Å². The molecule has 1 heterocycles. The van der Waals surface area contributed by atoms with Gasteiger partial charge in [0.1, 0.15) is 6.04 Å². The van der Waals surface area contributed by atoms with Crippen LogP contribution in [0.1, 0.15) is 17.2 Å². The number of hydrogen-bond donors (Lipinski definition) is 2. The van der Waals surface area contributed by atoms with E-state index in [0.717, 1.165) is 11.1 Å². The molecule has 0 saturated carbocycles. The number of thiophene rings is 1. The maximum Gasteiger partial charge on any atom is 0.325 e. The van der Waals surface area contributed by atoms with Gasteiger partial charge in [-0.05, 0) is 34.0 Å². The molecule has 2 N–H and O–H groups in total. The number of halogens is 1. The van der Waals surface area contributed by atoms with Gasteiger partial charge in [-0.2, -0.15) is 11.3 Å². The third-order valence-electron chi connectivity index (χ3n) is 2.58. The van der Waals surface area contributed by atoms with Crippen LogP contribution in [-0.2, 0) is 11.3 Å². The fourth-order valence-electron chi connectivity index (χ4n) is 1.64. The molecule has 1 atom stereocenters. The molecule has 0 amide bonds. The minimum atomic E-state index is -0.888. The van der Waals surface area contributed by atoms with Crippen LogP contribution < -0.4 is 5.32 Å². The number of aliphatic carboxylic acids is 1. The first kappa shape index (κ1) is 13.1. The van der Waals surface area contributed by atoms with Crippen molar-refractivity contribution in [2.24, 2.45) is 0 Å². The van der Waals surface area contributed by atoms with E-state index in [0.29, 0.717) is 11.6 Å². The third kappa shape index (κ3) is 3.10.